The van der Waals surface area contributed by atoms with Crippen molar-refractivity contribution in [2.45, 2.75) is 0 Å². The lowest BCUT2D eigenvalue weighted by atomic mass is 10.1. The van der Waals surface area contributed by atoms with Gasteiger partial charge in [0.1, 0.15) is 0 Å². The molecule has 0 aliphatic carbocycles. The second-order valence-corrected chi connectivity index (χ2v) is 6.98. The standard InChI is InChI=1S/C23H15Cl2NO/c24-19-12-11-17(21(25)15-19)13-18-14-22(16-7-3-1-4-8-16)26(23(18)27)20-9-5-2-6-10-20/h1-15H/b18-13+. The van der Waals surface area contributed by atoms with Crippen LogP contribution >= 0.6 is 23.2 Å². The summed E-state index contributed by atoms with van der Waals surface area (Å²) in [6, 6.07) is 24.7. The van der Waals surface area contributed by atoms with Gasteiger partial charge < -0.3 is 0 Å². The van der Waals surface area contributed by atoms with Gasteiger partial charge in [-0.05, 0) is 47.5 Å². The molecule has 0 bridgehead atoms. The molecule has 0 saturated heterocycles. The lowest BCUT2D eigenvalue weighted by Crippen LogP contribution is -2.24. The molecule has 4 heteroatoms. The molecule has 3 aromatic carbocycles. The summed E-state index contributed by atoms with van der Waals surface area (Å²) in [7, 11) is 0. The fraction of sp³-hybridized carbons (Fsp3) is 0. The molecular weight excluding hydrogens is 377 g/mol. The number of para-hydroxylation sites is 1. The van der Waals surface area contributed by atoms with E-state index in [9.17, 15) is 4.79 Å². The summed E-state index contributed by atoms with van der Waals surface area (Å²) in [5.74, 6) is -0.0916. The van der Waals surface area contributed by atoms with Gasteiger partial charge in [-0.15, -0.1) is 0 Å². The van der Waals surface area contributed by atoms with E-state index in [2.05, 4.69) is 0 Å². The number of carbonyl (C=O) groups excluding carboxylic acids is 1. The highest BCUT2D eigenvalue weighted by molar-refractivity contribution is 6.35. The van der Waals surface area contributed by atoms with Crippen LogP contribution in [0, 0.1) is 0 Å². The van der Waals surface area contributed by atoms with Crippen LogP contribution in [0.3, 0.4) is 0 Å². The number of rotatable bonds is 3. The minimum absolute atomic E-state index is 0.0916. The first-order valence-electron chi connectivity index (χ1n) is 8.47. The van der Waals surface area contributed by atoms with Crippen molar-refractivity contribution >= 4 is 46.6 Å². The third-order valence-electron chi connectivity index (χ3n) is 4.34. The fourth-order valence-corrected chi connectivity index (χ4v) is 3.52. The summed E-state index contributed by atoms with van der Waals surface area (Å²) in [5, 5.41) is 1.07. The third kappa shape index (κ3) is 3.55. The Labute approximate surface area is 168 Å². The molecule has 2 nitrogen and oxygen atoms in total. The molecule has 1 aliphatic heterocycles. The van der Waals surface area contributed by atoms with Crippen molar-refractivity contribution in [1.29, 1.82) is 0 Å². The maximum atomic E-state index is 13.2. The molecule has 1 aliphatic rings. The van der Waals surface area contributed by atoms with Gasteiger partial charge in [-0.1, -0.05) is 77.8 Å². The summed E-state index contributed by atoms with van der Waals surface area (Å²) < 4.78 is 0. The number of anilines is 1. The number of benzene rings is 3. The first-order valence-corrected chi connectivity index (χ1v) is 9.22. The number of halogens is 2. The van der Waals surface area contributed by atoms with Crippen LogP contribution in [0.5, 0.6) is 0 Å². The molecule has 0 fully saturated rings. The predicted molar refractivity (Wildman–Crippen MR) is 113 cm³/mol. The van der Waals surface area contributed by atoms with Crippen molar-refractivity contribution in [3.63, 3.8) is 0 Å². The monoisotopic (exact) mass is 391 g/mol. The molecule has 0 spiro atoms. The van der Waals surface area contributed by atoms with E-state index in [1.807, 2.05) is 72.8 Å². The molecule has 0 aromatic heterocycles. The van der Waals surface area contributed by atoms with Gasteiger partial charge in [0.15, 0.2) is 0 Å². The molecule has 4 rings (SSSR count). The van der Waals surface area contributed by atoms with E-state index in [4.69, 9.17) is 23.2 Å². The Hall–Kier alpha value is -2.81. The van der Waals surface area contributed by atoms with Crippen LogP contribution < -0.4 is 4.90 Å². The molecule has 3 aromatic rings. The van der Waals surface area contributed by atoms with Crippen LogP contribution in [0.4, 0.5) is 5.69 Å². The summed E-state index contributed by atoms with van der Waals surface area (Å²) in [6.07, 6.45) is 3.70. The molecule has 132 valence electrons. The third-order valence-corrected chi connectivity index (χ3v) is 4.90. The largest absolute Gasteiger partial charge is 0.276 e. The Kier molecular flexibility index (Phi) is 4.85. The van der Waals surface area contributed by atoms with Crippen molar-refractivity contribution in [3.05, 3.63) is 112 Å². The van der Waals surface area contributed by atoms with Crippen molar-refractivity contribution in [2.75, 3.05) is 4.90 Å². The van der Waals surface area contributed by atoms with Gasteiger partial charge >= 0.3 is 0 Å². The number of amides is 1. The summed E-state index contributed by atoms with van der Waals surface area (Å²) in [5.41, 5.74) is 3.96. The maximum absolute atomic E-state index is 13.2. The Morgan fingerprint density at radius 1 is 0.815 bits per heavy atom. The van der Waals surface area contributed by atoms with Crippen LogP contribution in [0.25, 0.3) is 11.8 Å². The lowest BCUT2D eigenvalue weighted by molar-refractivity contribution is -0.113. The molecule has 0 unspecified atom stereocenters. The summed E-state index contributed by atoms with van der Waals surface area (Å²) >= 11 is 12.3. The number of hydrogen-bond acceptors (Lipinski definition) is 1. The van der Waals surface area contributed by atoms with E-state index < -0.39 is 0 Å². The van der Waals surface area contributed by atoms with E-state index in [-0.39, 0.29) is 5.91 Å². The molecule has 0 saturated carbocycles. The summed E-state index contributed by atoms with van der Waals surface area (Å²) in [6.45, 7) is 0. The molecule has 1 heterocycles. The Balaban J connectivity index is 1.83. The SMILES string of the molecule is O=C1/C(=C/c2ccc(Cl)cc2Cl)C=C(c2ccccc2)N1c1ccccc1. The molecule has 0 atom stereocenters. The lowest BCUT2D eigenvalue weighted by Gasteiger charge is -2.20. The maximum Gasteiger partial charge on any atom is 0.262 e. The van der Waals surface area contributed by atoms with Gasteiger partial charge in [0.25, 0.3) is 5.91 Å². The van der Waals surface area contributed by atoms with E-state index in [1.54, 1.807) is 23.1 Å². The Morgan fingerprint density at radius 2 is 1.48 bits per heavy atom. The minimum Gasteiger partial charge on any atom is -0.276 e. The smallest absolute Gasteiger partial charge is 0.262 e. The zero-order valence-electron chi connectivity index (χ0n) is 14.3. The average molecular weight is 392 g/mol. The van der Waals surface area contributed by atoms with Crippen LogP contribution in [0.1, 0.15) is 11.1 Å². The predicted octanol–water partition coefficient (Wildman–Crippen LogP) is 6.46. The number of carbonyl (C=O) groups is 1. The van der Waals surface area contributed by atoms with E-state index in [0.717, 1.165) is 22.5 Å². The zero-order chi connectivity index (χ0) is 18.8. The van der Waals surface area contributed by atoms with Gasteiger partial charge in [-0.2, -0.15) is 0 Å². The topological polar surface area (TPSA) is 20.3 Å². The Morgan fingerprint density at radius 3 is 2.15 bits per heavy atom. The van der Waals surface area contributed by atoms with E-state index >= 15 is 0 Å². The van der Waals surface area contributed by atoms with Gasteiger partial charge in [-0.3, -0.25) is 9.69 Å². The van der Waals surface area contributed by atoms with Crippen LogP contribution in [0.15, 0.2) is 90.5 Å². The highest BCUT2D eigenvalue weighted by atomic mass is 35.5. The average Bonchev–Trinajstić information content (AvgIpc) is 3.02. The normalized spacial score (nSPS) is 15.3. The molecular formula is C23H15Cl2NO. The first kappa shape index (κ1) is 17.6. The highest BCUT2D eigenvalue weighted by Gasteiger charge is 2.30. The van der Waals surface area contributed by atoms with Crippen molar-refractivity contribution in [3.8, 4) is 0 Å². The van der Waals surface area contributed by atoms with Crippen LogP contribution in [0.2, 0.25) is 10.0 Å². The van der Waals surface area contributed by atoms with Gasteiger partial charge in [-0.25, -0.2) is 0 Å². The van der Waals surface area contributed by atoms with Gasteiger partial charge in [0.2, 0.25) is 0 Å². The zero-order valence-corrected chi connectivity index (χ0v) is 15.8. The molecule has 1 amide bonds. The fourth-order valence-electron chi connectivity index (χ4n) is 3.06. The van der Waals surface area contributed by atoms with Crippen LogP contribution in [-0.2, 0) is 4.79 Å². The molecule has 0 radical (unpaired) electrons. The number of hydrogen-bond donors (Lipinski definition) is 0. The second kappa shape index (κ2) is 7.43. The second-order valence-electron chi connectivity index (χ2n) is 6.14. The molecule has 0 N–H and O–H groups in total. The first-order chi connectivity index (χ1) is 13.1. The summed E-state index contributed by atoms with van der Waals surface area (Å²) in [4.78, 5) is 14.9. The van der Waals surface area contributed by atoms with Crippen molar-refractivity contribution < 1.29 is 4.79 Å². The Bertz CT molecular complexity index is 1060. The minimum atomic E-state index is -0.0916. The van der Waals surface area contributed by atoms with Gasteiger partial charge in [0, 0.05) is 21.3 Å². The number of nitrogens with zero attached hydrogens (tertiary/aromatic N) is 1. The van der Waals surface area contributed by atoms with Crippen molar-refractivity contribution in [2.24, 2.45) is 0 Å². The van der Waals surface area contributed by atoms with E-state index in [1.165, 1.54) is 0 Å². The highest BCUT2D eigenvalue weighted by Crippen LogP contribution is 2.35. The van der Waals surface area contributed by atoms with Crippen LogP contribution in [-0.4, -0.2) is 5.91 Å². The van der Waals surface area contributed by atoms with Gasteiger partial charge in [0.05, 0.1) is 5.70 Å². The van der Waals surface area contributed by atoms with E-state index in [0.29, 0.717) is 15.6 Å². The quantitative estimate of drug-likeness (QED) is 0.468. The van der Waals surface area contributed by atoms with Crippen molar-refractivity contribution in [1.82, 2.24) is 0 Å². The molecule has 27 heavy (non-hydrogen) atoms.